The summed E-state index contributed by atoms with van der Waals surface area (Å²) in [5.41, 5.74) is 1.21. The van der Waals surface area contributed by atoms with Gasteiger partial charge in [-0.05, 0) is 30.2 Å². The van der Waals surface area contributed by atoms with Crippen molar-refractivity contribution < 1.29 is 0 Å². The van der Waals surface area contributed by atoms with Gasteiger partial charge >= 0.3 is 0 Å². The minimum atomic E-state index is 0.778. The van der Waals surface area contributed by atoms with Gasteiger partial charge in [-0.2, -0.15) is 0 Å². The lowest BCUT2D eigenvalue weighted by atomic mass is 10.2. The average Bonchev–Trinajstić information content (AvgIpc) is 2.89. The van der Waals surface area contributed by atoms with Gasteiger partial charge in [-0.1, -0.05) is 30.7 Å². The number of hydrogen-bond donors (Lipinski definition) is 0. The number of benzene rings is 1. The van der Waals surface area contributed by atoms with Crippen LogP contribution in [-0.2, 0) is 12.2 Å². The summed E-state index contributed by atoms with van der Waals surface area (Å²) in [7, 11) is 0. The van der Waals surface area contributed by atoms with E-state index in [2.05, 4.69) is 29.0 Å². The Morgan fingerprint density at radius 3 is 2.95 bits per heavy atom. The number of aryl methyl sites for hydroxylation is 1. The fourth-order valence-corrected chi connectivity index (χ4v) is 4.08. The molecular formula is C15H13ClN2S2. The zero-order chi connectivity index (χ0) is 13.9. The molecule has 0 atom stereocenters. The number of halogens is 1. The monoisotopic (exact) mass is 320 g/mol. The van der Waals surface area contributed by atoms with E-state index in [4.69, 9.17) is 11.6 Å². The number of hydrogen-bond acceptors (Lipinski definition) is 4. The summed E-state index contributed by atoms with van der Waals surface area (Å²) in [6.07, 6.45) is 2.69. The van der Waals surface area contributed by atoms with Crippen LogP contribution in [0.3, 0.4) is 0 Å². The maximum atomic E-state index is 6.01. The van der Waals surface area contributed by atoms with Gasteiger partial charge in [0.1, 0.15) is 16.2 Å². The van der Waals surface area contributed by atoms with E-state index in [1.54, 1.807) is 29.4 Å². The second kappa shape index (κ2) is 6.12. The second-order valence-electron chi connectivity index (χ2n) is 4.38. The third-order valence-electron chi connectivity index (χ3n) is 2.96. The third-order valence-corrected chi connectivity index (χ3v) is 5.46. The van der Waals surface area contributed by atoms with Gasteiger partial charge in [0.2, 0.25) is 0 Å². The lowest BCUT2D eigenvalue weighted by Gasteiger charge is -2.02. The first-order chi connectivity index (χ1) is 9.76. The first-order valence-electron chi connectivity index (χ1n) is 6.37. The smallest absolute Gasteiger partial charge is 0.128 e. The summed E-state index contributed by atoms with van der Waals surface area (Å²) in [6, 6.07) is 10.2. The summed E-state index contributed by atoms with van der Waals surface area (Å²) < 4.78 is 0. The van der Waals surface area contributed by atoms with Crippen LogP contribution in [0.2, 0.25) is 5.02 Å². The molecule has 0 aliphatic heterocycles. The standard InChI is InChI=1S/C15H13ClN2S2/c1-2-12-7-13-14(17-9-18-15(13)20-12)19-8-10-4-3-5-11(16)6-10/h3-7,9H,2,8H2,1H3. The van der Waals surface area contributed by atoms with E-state index in [-0.39, 0.29) is 0 Å². The highest BCUT2D eigenvalue weighted by molar-refractivity contribution is 7.98. The summed E-state index contributed by atoms with van der Waals surface area (Å²) >= 11 is 9.49. The lowest BCUT2D eigenvalue weighted by molar-refractivity contribution is 1.10. The van der Waals surface area contributed by atoms with E-state index >= 15 is 0 Å². The topological polar surface area (TPSA) is 25.8 Å². The maximum Gasteiger partial charge on any atom is 0.128 e. The molecule has 102 valence electrons. The molecule has 0 saturated heterocycles. The van der Waals surface area contributed by atoms with Crippen LogP contribution in [0.4, 0.5) is 0 Å². The first-order valence-corrected chi connectivity index (χ1v) is 8.55. The van der Waals surface area contributed by atoms with Crippen LogP contribution in [0.5, 0.6) is 0 Å². The molecule has 5 heteroatoms. The van der Waals surface area contributed by atoms with Gasteiger partial charge in [-0.15, -0.1) is 23.1 Å². The Morgan fingerprint density at radius 2 is 2.15 bits per heavy atom. The van der Waals surface area contributed by atoms with Crippen molar-refractivity contribution >= 4 is 44.9 Å². The molecule has 0 bridgehead atoms. The molecule has 20 heavy (non-hydrogen) atoms. The van der Waals surface area contributed by atoms with Gasteiger partial charge in [0.25, 0.3) is 0 Å². The van der Waals surface area contributed by atoms with Crippen molar-refractivity contribution in [2.45, 2.75) is 24.1 Å². The molecule has 0 fully saturated rings. The van der Waals surface area contributed by atoms with Crippen LogP contribution in [0.15, 0.2) is 41.7 Å². The molecule has 2 heterocycles. The van der Waals surface area contributed by atoms with Crippen molar-refractivity contribution in [3.05, 3.63) is 52.1 Å². The predicted molar refractivity (Wildman–Crippen MR) is 87.8 cm³/mol. The number of nitrogens with zero attached hydrogens (tertiary/aromatic N) is 2. The fourth-order valence-electron chi connectivity index (χ4n) is 1.95. The van der Waals surface area contributed by atoms with Gasteiger partial charge in [0.15, 0.2) is 0 Å². The third kappa shape index (κ3) is 2.97. The van der Waals surface area contributed by atoms with Crippen LogP contribution >= 0.6 is 34.7 Å². The molecule has 0 aliphatic carbocycles. The van der Waals surface area contributed by atoms with Crippen molar-refractivity contribution in [3.8, 4) is 0 Å². The minimum absolute atomic E-state index is 0.778. The molecule has 0 aliphatic rings. The molecule has 0 radical (unpaired) electrons. The van der Waals surface area contributed by atoms with Crippen LogP contribution in [0.25, 0.3) is 10.2 Å². The zero-order valence-corrected chi connectivity index (χ0v) is 13.4. The number of aromatic nitrogens is 2. The molecule has 3 aromatic rings. The van der Waals surface area contributed by atoms with Crippen LogP contribution < -0.4 is 0 Å². The van der Waals surface area contributed by atoms with E-state index in [1.165, 1.54) is 15.8 Å². The highest BCUT2D eigenvalue weighted by Crippen LogP contribution is 2.32. The highest BCUT2D eigenvalue weighted by Gasteiger charge is 2.08. The van der Waals surface area contributed by atoms with Crippen LogP contribution in [-0.4, -0.2) is 9.97 Å². The minimum Gasteiger partial charge on any atom is -0.229 e. The van der Waals surface area contributed by atoms with Crippen molar-refractivity contribution in [2.24, 2.45) is 0 Å². The number of thioether (sulfide) groups is 1. The van der Waals surface area contributed by atoms with E-state index in [1.807, 2.05) is 18.2 Å². The fraction of sp³-hybridized carbons (Fsp3) is 0.200. The van der Waals surface area contributed by atoms with E-state index in [9.17, 15) is 0 Å². The van der Waals surface area contributed by atoms with Crippen molar-refractivity contribution in [3.63, 3.8) is 0 Å². The molecule has 0 spiro atoms. The molecular weight excluding hydrogens is 308 g/mol. The quantitative estimate of drug-likeness (QED) is 0.488. The van der Waals surface area contributed by atoms with Crippen molar-refractivity contribution in [1.29, 1.82) is 0 Å². The maximum absolute atomic E-state index is 6.01. The number of fused-ring (bicyclic) bond motifs is 1. The van der Waals surface area contributed by atoms with E-state index in [0.29, 0.717) is 0 Å². The first kappa shape index (κ1) is 13.9. The Hall–Kier alpha value is -1.10. The van der Waals surface area contributed by atoms with E-state index in [0.717, 1.165) is 27.1 Å². The molecule has 1 aromatic carbocycles. The normalized spacial score (nSPS) is 11.1. The molecule has 3 rings (SSSR count). The van der Waals surface area contributed by atoms with Gasteiger partial charge in [-0.25, -0.2) is 9.97 Å². The van der Waals surface area contributed by atoms with Gasteiger partial charge in [0, 0.05) is 21.0 Å². The zero-order valence-electron chi connectivity index (χ0n) is 11.0. The molecule has 0 saturated carbocycles. The van der Waals surface area contributed by atoms with Gasteiger partial charge < -0.3 is 0 Å². The molecule has 0 amide bonds. The second-order valence-corrected chi connectivity index (χ2v) is 6.90. The summed E-state index contributed by atoms with van der Waals surface area (Å²) in [5.74, 6) is 0.865. The Kier molecular flexibility index (Phi) is 4.24. The predicted octanol–water partition coefficient (Wildman–Crippen LogP) is 5.20. The van der Waals surface area contributed by atoms with Crippen LogP contribution in [0, 0.1) is 0 Å². The largest absolute Gasteiger partial charge is 0.229 e. The molecule has 2 aromatic heterocycles. The van der Waals surface area contributed by atoms with Gasteiger partial charge in [-0.3, -0.25) is 0 Å². The van der Waals surface area contributed by atoms with E-state index < -0.39 is 0 Å². The Bertz CT molecular complexity index is 740. The average molecular weight is 321 g/mol. The van der Waals surface area contributed by atoms with Crippen LogP contribution in [0.1, 0.15) is 17.4 Å². The number of thiophene rings is 1. The molecule has 2 nitrogen and oxygen atoms in total. The summed E-state index contributed by atoms with van der Waals surface area (Å²) in [6.45, 7) is 2.16. The Balaban J connectivity index is 1.85. The van der Waals surface area contributed by atoms with Crippen molar-refractivity contribution in [2.75, 3.05) is 0 Å². The lowest BCUT2D eigenvalue weighted by Crippen LogP contribution is -1.85. The Morgan fingerprint density at radius 1 is 1.25 bits per heavy atom. The number of rotatable bonds is 4. The summed E-state index contributed by atoms with van der Waals surface area (Å²) in [5, 5.41) is 2.99. The SMILES string of the molecule is CCc1cc2c(SCc3cccc(Cl)c3)ncnc2s1. The van der Waals surface area contributed by atoms with Gasteiger partial charge in [0.05, 0.1) is 0 Å². The molecule has 0 N–H and O–H groups in total. The van der Waals surface area contributed by atoms with Crippen molar-refractivity contribution in [1.82, 2.24) is 9.97 Å². The summed E-state index contributed by atoms with van der Waals surface area (Å²) in [4.78, 5) is 11.2. The highest BCUT2D eigenvalue weighted by atomic mass is 35.5. The Labute approximate surface area is 131 Å². The molecule has 0 unspecified atom stereocenters.